The summed E-state index contributed by atoms with van der Waals surface area (Å²) in [7, 11) is 0. The Bertz CT molecular complexity index is 1460. The number of carbonyl (C=O) groups excluding carboxylic acids is 5. The number of benzene rings is 1. The number of nitrogens with one attached hydrogen (secondary N) is 4. The number of amides is 3. The van der Waals surface area contributed by atoms with E-state index in [2.05, 4.69) is 33.4 Å². The van der Waals surface area contributed by atoms with E-state index in [1.807, 2.05) is 18.2 Å². The molecule has 1 fully saturated rings. The molecule has 5 aliphatic rings. The molecule has 3 heterocycles. The Kier molecular flexibility index (Phi) is 8.45. The summed E-state index contributed by atoms with van der Waals surface area (Å²) in [4.78, 5) is 67.1. The maximum Gasteiger partial charge on any atom is 0.407 e. The largest absolute Gasteiger partial charge is 0.444 e. The van der Waals surface area contributed by atoms with E-state index in [1.165, 1.54) is 5.56 Å². The van der Waals surface area contributed by atoms with Crippen LogP contribution in [0.15, 0.2) is 52.9 Å². The molecule has 2 aliphatic carbocycles. The number of hydrogen-bond acceptors (Lipinski definition) is 8. The second-order valence-corrected chi connectivity index (χ2v) is 13.8. The van der Waals surface area contributed by atoms with Crippen molar-refractivity contribution in [3.63, 3.8) is 0 Å². The Morgan fingerprint density at radius 3 is 2.42 bits per heavy atom. The summed E-state index contributed by atoms with van der Waals surface area (Å²) in [6, 6.07) is 8.49. The number of alkyl carbamates (subject to hydrolysis) is 1. The second kappa shape index (κ2) is 12.3. The average Bonchev–Trinajstić information content (AvgIpc) is 3.59. The number of ether oxygens (including phenoxy) is 1. The van der Waals surface area contributed by atoms with Gasteiger partial charge in [0.1, 0.15) is 17.7 Å². The van der Waals surface area contributed by atoms with Gasteiger partial charge in [-0.3, -0.25) is 19.2 Å². The first-order valence-electron chi connectivity index (χ1n) is 16.1. The normalized spacial score (nSPS) is 27.4. The lowest BCUT2D eigenvalue weighted by molar-refractivity contribution is -0.136. The number of fused-ring (bicyclic) bond motifs is 4. The minimum atomic E-state index is -0.767. The molecule has 3 amide bonds. The van der Waals surface area contributed by atoms with Crippen LogP contribution < -0.4 is 21.3 Å². The fraction of sp³-hybridized carbons (Fsp3) is 0.559. The molecule has 0 unspecified atom stereocenters. The lowest BCUT2D eigenvalue weighted by Crippen LogP contribution is -2.57. The van der Waals surface area contributed by atoms with Crippen molar-refractivity contribution in [2.45, 2.75) is 89.4 Å². The molecular formula is C34H43N5O6. The first kappa shape index (κ1) is 30.9. The maximum absolute atomic E-state index is 14.0. The molecule has 11 heteroatoms. The average molecular weight is 618 g/mol. The Hall–Kier alpha value is -4.15. The topological polar surface area (TPSA) is 146 Å². The molecule has 45 heavy (non-hydrogen) atoms. The van der Waals surface area contributed by atoms with Crippen LogP contribution in [0.4, 0.5) is 4.79 Å². The molecule has 1 aromatic rings. The molecule has 3 aliphatic heterocycles. The smallest absolute Gasteiger partial charge is 0.407 e. The van der Waals surface area contributed by atoms with Crippen molar-refractivity contribution in [2.75, 3.05) is 19.6 Å². The number of Topliss-reactive ketones (excluding diaryl/α,β-unsaturated/α-hetero) is 2. The summed E-state index contributed by atoms with van der Waals surface area (Å²) in [6.45, 7) is 6.10. The van der Waals surface area contributed by atoms with E-state index in [9.17, 15) is 24.0 Å². The van der Waals surface area contributed by atoms with Gasteiger partial charge < -0.3 is 30.9 Å². The van der Waals surface area contributed by atoms with Crippen molar-refractivity contribution in [1.29, 1.82) is 0 Å². The van der Waals surface area contributed by atoms with Gasteiger partial charge in [0.2, 0.25) is 11.8 Å². The maximum atomic E-state index is 14.0. The molecule has 0 spiro atoms. The Labute approximate surface area is 263 Å². The van der Waals surface area contributed by atoms with Crippen LogP contribution in [0, 0.1) is 11.8 Å². The van der Waals surface area contributed by atoms with Gasteiger partial charge in [0.05, 0.1) is 6.04 Å². The van der Waals surface area contributed by atoms with Crippen LogP contribution in [-0.2, 0) is 30.3 Å². The molecule has 2 bridgehead atoms. The third-order valence-electron chi connectivity index (χ3n) is 9.44. The highest BCUT2D eigenvalue weighted by Gasteiger charge is 2.52. The molecule has 240 valence electrons. The number of carbonyl (C=O) groups is 5. The Morgan fingerprint density at radius 2 is 1.67 bits per heavy atom. The number of nitrogens with zero attached hydrogens (tertiary/aromatic N) is 1. The lowest BCUT2D eigenvalue weighted by Gasteiger charge is -2.40. The molecule has 11 nitrogen and oxygen atoms in total. The van der Waals surface area contributed by atoms with Crippen LogP contribution in [-0.4, -0.2) is 77.7 Å². The zero-order valence-electron chi connectivity index (χ0n) is 26.2. The van der Waals surface area contributed by atoms with Crippen molar-refractivity contribution in [3.05, 3.63) is 58.4 Å². The summed E-state index contributed by atoms with van der Waals surface area (Å²) < 4.78 is 5.20. The van der Waals surface area contributed by atoms with Gasteiger partial charge in [0.25, 0.3) is 0 Å². The molecule has 0 aromatic heterocycles. The van der Waals surface area contributed by atoms with Gasteiger partial charge in [-0.05, 0) is 58.4 Å². The lowest BCUT2D eigenvalue weighted by atomic mass is 9.78. The minimum absolute atomic E-state index is 0.0414. The van der Waals surface area contributed by atoms with Crippen LogP contribution in [0.25, 0.3) is 0 Å². The van der Waals surface area contributed by atoms with Gasteiger partial charge in [0.15, 0.2) is 11.6 Å². The fourth-order valence-corrected chi connectivity index (χ4v) is 7.54. The third-order valence-corrected chi connectivity index (χ3v) is 9.44. The molecule has 6 rings (SSSR count). The van der Waals surface area contributed by atoms with Crippen LogP contribution in [0.5, 0.6) is 0 Å². The zero-order chi connectivity index (χ0) is 31.9. The van der Waals surface area contributed by atoms with Crippen LogP contribution in [0.3, 0.4) is 0 Å². The molecule has 0 radical (unpaired) electrons. The van der Waals surface area contributed by atoms with Crippen molar-refractivity contribution in [3.8, 4) is 0 Å². The van der Waals surface area contributed by atoms with E-state index in [1.54, 1.807) is 25.7 Å². The highest BCUT2D eigenvalue weighted by Crippen LogP contribution is 2.45. The summed E-state index contributed by atoms with van der Waals surface area (Å²) >= 11 is 0. The molecule has 5 atom stereocenters. The summed E-state index contributed by atoms with van der Waals surface area (Å²) in [6.07, 6.45) is 3.72. The monoisotopic (exact) mass is 617 g/mol. The van der Waals surface area contributed by atoms with Gasteiger partial charge in [0, 0.05) is 66.9 Å². The van der Waals surface area contributed by atoms with E-state index < -0.39 is 23.8 Å². The van der Waals surface area contributed by atoms with Crippen LogP contribution in [0.2, 0.25) is 0 Å². The number of allylic oxidation sites excluding steroid dienone is 2. The van der Waals surface area contributed by atoms with E-state index >= 15 is 0 Å². The molecule has 4 N–H and O–H groups in total. The van der Waals surface area contributed by atoms with E-state index in [4.69, 9.17) is 4.74 Å². The van der Waals surface area contributed by atoms with E-state index in [0.717, 1.165) is 37.0 Å². The number of ketones is 2. The van der Waals surface area contributed by atoms with Crippen molar-refractivity contribution in [1.82, 2.24) is 26.2 Å². The summed E-state index contributed by atoms with van der Waals surface area (Å²) in [5, 5.41) is 12.2. The van der Waals surface area contributed by atoms with Crippen molar-refractivity contribution >= 4 is 29.5 Å². The molecule has 0 saturated carbocycles. The van der Waals surface area contributed by atoms with Gasteiger partial charge >= 0.3 is 6.09 Å². The summed E-state index contributed by atoms with van der Waals surface area (Å²) in [5.74, 6) is -0.411. The van der Waals surface area contributed by atoms with Gasteiger partial charge in [-0.2, -0.15) is 0 Å². The molecule has 1 saturated heterocycles. The van der Waals surface area contributed by atoms with E-state index in [-0.39, 0.29) is 67.2 Å². The number of hydrogen-bond donors (Lipinski definition) is 4. The van der Waals surface area contributed by atoms with Crippen molar-refractivity contribution < 1.29 is 28.7 Å². The number of likely N-dealkylation sites (tertiary alicyclic amines) is 1. The second-order valence-electron chi connectivity index (χ2n) is 13.8. The molecular weight excluding hydrogens is 574 g/mol. The zero-order valence-corrected chi connectivity index (χ0v) is 26.2. The third kappa shape index (κ3) is 6.48. The highest BCUT2D eigenvalue weighted by molar-refractivity contribution is 6.04. The van der Waals surface area contributed by atoms with Gasteiger partial charge in [-0.15, -0.1) is 0 Å². The number of rotatable bonds is 7. The summed E-state index contributed by atoms with van der Waals surface area (Å²) in [5.41, 5.74) is 3.71. The SMILES string of the molecule is CC(C)(C)OC(=O)NCCNC(=O)[C@@H]1CC(=O)C2=C(N1)[C@@H]1C[C@H]2CN1C(=O)[C@H]1CC(=O)C2=C(N1)[C@H](Cc1ccccc1)CCC2. The molecule has 1 aromatic carbocycles. The standard InChI is InChI=1S/C34H43N5O6/c1-34(2,3)45-33(44)36-13-12-35-31(42)23-16-27(41)28-21-15-25(30(28)37-23)39(18-21)32(43)24-17-26(40)22-11-7-10-20(29(22)38-24)14-19-8-5-4-6-9-19/h4-6,8-9,20-21,23-25,37-38H,7,10-18H2,1-3H3,(H,35,42)(H,36,44)/t20-,21-,23-,24+,25-/m0/s1. The van der Waals surface area contributed by atoms with Crippen LogP contribution in [0.1, 0.15) is 64.9 Å². The van der Waals surface area contributed by atoms with E-state index in [0.29, 0.717) is 24.2 Å². The minimum Gasteiger partial charge on any atom is -0.444 e. The first-order valence-corrected chi connectivity index (χ1v) is 16.1. The Morgan fingerprint density at radius 1 is 0.956 bits per heavy atom. The highest BCUT2D eigenvalue weighted by atomic mass is 16.6. The predicted molar refractivity (Wildman–Crippen MR) is 165 cm³/mol. The van der Waals surface area contributed by atoms with Gasteiger partial charge in [-0.1, -0.05) is 30.3 Å². The van der Waals surface area contributed by atoms with Crippen LogP contribution >= 0.6 is 0 Å². The quantitative estimate of drug-likeness (QED) is 0.341. The first-order chi connectivity index (χ1) is 21.5. The predicted octanol–water partition coefficient (Wildman–Crippen LogP) is 2.27. The van der Waals surface area contributed by atoms with Gasteiger partial charge in [-0.25, -0.2) is 4.79 Å². The van der Waals surface area contributed by atoms with Crippen molar-refractivity contribution in [2.24, 2.45) is 11.8 Å². The fourth-order valence-electron chi connectivity index (χ4n) is 7.54. The Balaban J connectivity index is 1.08.